The van der Waals surface area contributed by atoms with Gasteiger partial charge in [0.15, 0.2) is 0 Å². The lowest BCUT2D eigenvalue weighted by atomic mass is 10.2. The molecule has 0 bridgehead atoms. The van der Waals surface area contributed by atoms with Crippen LogP contribution in [-0.4, -0.2) is 16.8 Å². The second-order valence-electron chi connectivity index (χ2n) is 4.94. The molecule has 0 aliphatic carbocycles. The molecular formula is C15H15F3N4O. The van der Waals surface area contributed by atoms with E-state index in [1.54, 1.807) is 17.6 Å². The van der Waals surface area contributed by atoms with Crippen LogP contribution in [0.1, 0.15) is 22.5 Å². The molecule has 0 aliphatic heterocycles. The number of urea groups is 1. The fourth-order valence-corrected chi connectivity index (χ4v) is 2.28. The van der Waals surface area contributed by atoms with Gasteiger partial charge in [0.05, 0.1) is 11.8 Å². The van der Waals surface area contributed by atoms with Gasteiger partial charge in [-0.25, -0.2) is 10.2 Å². The minimum atomic E-state index is -4.36. The van der Waals surface area contributed by atoms with Gasteiger partial charge in [-0.05, 0) is 44.2 Å². The third-order valence-electron chi connectivity index (χ3n) is 3.30. The van der Waals surface area contributed by atoms with Gasteiger partial charge in [-0.1, -0.05) is 0 Å². The molecule has 0 saturated heterocycles. The van der Waals surface area contributed by atoms with Crippen LogP contribution in [-0.2, 0) is 6.18 Å². The summed E-state index contributed by atoms with van der Waals surface area (Å²) in [6.45, 7) is 3.62. The molecule has 0 aliphatic rings. The van der Waals surface area contributed by atoms with Gasteiger partial charge in [-0.2, -0.15) is 18.3 Å². The highest BCUT2D eigenvalue weighted by atomic mass is 19.4. The van der Waals surface area contributed by atoms with Crippen molar-refractivity contribution in [3.63, 3.8) is 0 Å². The largest absolute Gasteiger partial charge is 0.416 e. The summed E-state index contributed by atoms with van der Waals surface area (Å²) in [5.74, 6) is 0. The van der Waals surface area contributed by atoms with Crippen LogP contribution in [0, 0.1) is 13.8 Å². The van der Waals surface area contributed by atoms with E-state index in [9.17, 15) is 18.0 Å². The summed E-state index contributed by atoms with van der Waals surface area (Å²) >= 11 is 0. The molecule has 0 unspecified atom stereocenters. The molecule has 1 heterocycles. The highest BCUT2D eigenvalue weighted by Crippen LogP contribution is 2.30. The van der Waals surface area contributed by atoms with Crippen LogP contribution >= 0.6 is 0 Å². The zero-order valence-electron chi connectivity index (χ0n) is 12.5. The van der Waals surface area contributed by atoms with E-state index in [0.717, 1.165) is 29.1 Å². The van der Waals surface area contributed by atoms with Crippen molar-refractivity contribution in [2.45, 2.75) is 20.0 Å². The molecule has 1 aromatic heterocycles. The molecule has 3 N–H and O–H groups in total. The average Bonchev–Trinajstić information content (AvgIpc) is 2.72. The summed E-state index contributed by atoms with van der Waals surface area (Å²) in [6, 6.07) is 5.92. The Labute approximate surface area is 130 Å². The summed E-state index contributed by atoms with van der Waals surface area (Å²) < 4.78 is 39.7. The first-order chi connectivity index (χ1) is 10.7. The number of carbonyl (C=O) groups is 1. The topological polar surface area (TPSA) is 72.4 Å². The van der Waals surface area contributed by atoms with Crippen LogP contribution in [0.25, 0.3) is 5.69 Å². The first kappa shape index (κ1) is 16.6. The standard InChI is InChI=1S/C15H15F3N4O/c1-9-7-11(8-20-21-14(19)23)10(2)22(9)13-5-3-12(4-6-13)15(16,17)18/h3-8H,1-2H3,(H3,19,21,23)/b20-8+. The molecule has 2 aromatic rings. The SMILES string of the molecule is Cc1cc(/C=N/NC(N)=O)c(C)n1-c1ccc(C(F)(F)F)cc1. The van der Waals surface area contributed by atoms with Crippen LogP contribution in [0.5, 0.6) is 0 Å². The van der Waals surface area contributed by atoms with E-state index in [1.807, 2.05) is 6.92 Å². The molecule has 0 spiro atoms. The second kappa shape index (κ2) is 6.15. The number of aromatic nitrogens is 1. The number of primary amides is 1. The summed E-state index contributed by atoms with van der Waals surface area (Å²) in [6.07, 6.45) is -2.94. The molecule has 122 valence electrons. The van der Waals surface area contributed by atoms with Gasteiger partial charge in [0, 0.05) is 22.6 Å². The Morgan fingerprint density at radius 1 is 1.26 bits per heavy atom. The fourth-order valence-electron chi connectivity index (χ4n) is 2.28. The van der Waals surface area contributed by atoms with Gasteiger partial charge in [0.25, 0.3) is 0 Å². The summed E-state index contributed by atoms with van der Waals surface area (Å²) in [7, 11) is 0. The molecule has 23 heavy (non-hydrogen) atoms. The molecule has 0 saturated carbocycles. The normalized spacial score (nSPS) is 11.9. The zero-order valence-corrected chi connectivity index (χ0v) is 12.5. The quantitative estimate of drug-likeness (QED) is 0.661. The van der Waals surface area contributed by atoms with Gasteiger partial charge in [0.1, 0.15) is 0 Å². The molecule has 0 atom stereocenters. The van der Waals surface area contributed by atoms with Crippen molar-refractivity contribution in [1.29, 1.82) is 0 Å². The van der Waals surface area contributed by atoms with Gasteiger partial charge in [-0.15, -0.1) is 0 Å². The number of hydrogen-bond acceptors (Lipinski definition) is 2. The molecule has 2 amide bonds. The molecule has 2 rings (SSSR count). The Bertz CT molecular complexity index is 745. The van der Waals surface area contributed by atoms with E-state index in [1.165, 1.54) is 18.3 Å². The maximum Gasteiger partial charge on any atom is 0.416 e. The Morgan fingerprint density at radius 3 is 2.39 bits per heavy atom. The van der Waals surface area contributed by atoms with Crippen LogP contribution in [0.3, 0.4) is 0 Å². The average molecular weight is 324 g/mol. The van der Waals surface area contributed by atoms with E-state index < -0.39 is 17.8 Å². The number of hydrazone groups is 1. The van der Waals surface area contributed by atoms with Crippen molar-refractivity contribution >= 4 is 12.2 Å². The minimum absolute atomic E-state index is 0.607. The molecule has 5 nitrogen and oxygen atoms in total. The number of carbonyl (C=O) groups excluding carboxylic acids is 1. The predicted molar refractivity (Wildman–Crippen MR) is 80.6 cm³/mol. The summed E-state index contributed by atoms with van der Waals surface area (Å²) in [4.78, 5) is 10.6. The maximum absolute atomic E-state index is 12.6. The number of amides is 2. The second-order valence-corrected chi connectivity index (χ2v) is 4.94. The molecule has 8 heteroatoms. The van der Waals surface area contributed by atoms with E-state index in [-0.39, 0.29) is 0 Å². The third-order valence-corrected chi connectivity index (χ3v) is 3.30. The first-order valence-electron chi connectivity index (χ1n) is 6.65. The number of alkyl halides is 3. The number of aryl methyl sites for hydroxylation is 1. The number of nitrogens with zero attached hydrogens (tertiary/aromatic N) is 2. The van der Waals surface area contributed by atoms with Crippen LogP contribution in [0.2, 0.25) is 0 Å². The van der Waals surface area contributed by atoms with E-state index in [2.05, 4.69) is 10.5 Å². The fraction of sp³-hybridized carbons (Fsp3) is 0.200. The van der Waals surface area contributed by atoms with Crippen molar-refractivity contribution < 1.29 is 18.0 Å². The number of hydrogen-bond donors (Lipinski definition) is 2. The highest BCUT2D eigenvalue weighted by Gasteiger charge is 2.30. The Kier molecular flexibility index (Phi) is 4.44. The monoisotopic (exact) mass is 324 g/mol. The lowest BCUT2D eigenvalue weighted by Gasteiger charge is -2.12. The van der Waals surface area contributed by atoms with Crippen molar-refractivity contribution in [2.75, 3.05) is 0 Å². The lowest BCUT2D eigenvalue weighted by molar-refractivity contribution is -0.137. The van der Waals surface area contributed by atoms with Crippen LogP contribution in [0.4, 0.5) is 18.0 Å². The molecule has 1 aromatic carbocycles. The van der Waals surface area contributed by atoms with Gasteiger partial charge >= 0.3 is 12.2 Å². The summed E-state index contributed by atoms with van der Waals surface area (Å²) in [5, 5.41) is 3.68. The van der Waals surface area contributed by atoms with Crippen molar-refractivity contribution in [2.24, 2.45) is 10.8 Å². The van der Waals surface area contributed by atoms with Crippen molar-refractivity contribution in [3.8, 4) is 5.69 Å². The van der Waals surface area contributed by atoms with Gasteiger partial charge in [0.2, 0.25) is 0 Å². The van der Waals surface area contributed by atoms with Crippen molar-refractivity contribution in [1.82, 2.24) is 9.99 Å². The van der Waals surface area contributed by atoms with Crippen LogP contribution in [0.15, 0.2) is 35.4 Å². The zero-order chi connectivity index (χ0) is 17.2. The number of halogens is 3. The van der Waals surface area contributed by atoms with E-state index in [0.29, 0.717) is 5.69 Å². The molecule has 0 radical (unpaired) electrons. The number of nitrogens with two attached hydrogens (primary N) is 1. The van der Waals surface area contributed by atoms with Gasteiger partial charge in [-0.3, -0.25) is 0 Å². The molecule has 0 fully saturated rings. The lowest BCUT2D eigenvalue weighted by Crippen LogP contribution is -2.24. The van der Waals surface area contributed by atoms with Crippen LogP contribution < -0.4 is 11.2 Å². The number of rotatable bonds is 3. The maximum atomic E-state index is 12.6. The Balaban J connectivity index is 2.35. The smallest absolute Gasteiger partial charge is 0.350 e. The highest BCUT2D eigenvalue weighted by molar-refractivity contribution is 5.83. The number of benzene rings is 1. The van der Waals surface area contributed by atoms with E-state index in [4.69, 9.17) is 5.73 Å². The number of nitrogens with one attached hydrogen (secondary N) is 1. The van der Waals surface area contributed by atoms with E-state index >= 15 is 0 Å². The van der Waals surface area contributed by atoms with Gasteiger partial charge < -0.3 is 10.3 Å². The Morgan fingerprint density at radius 2 is 1.87 bits per heavy atom. The predicted octanol–water partition coefficient (Wildman–Crippen LogP) is 3.12. The first-order valence-corrected chi connectivity index (χ1v) is 6.65. The summed E-state index contributed by atoms with van der Waals surface area (Å²) in [5.41, 5.74) is 9.22. The minimum Gasteiger partial charge on any atom is -0.350 e. The Hall–Kier alpha value is -2.77. The third kappa shape index (κ3) is 3.71. The molecular weight excluding hydrogens is 309 g/mol. The van der Waals surface area contributed by atoms with Crippen molar-refractivity contribution in [3.05, 3.63) is 52.8 Å².